The number of H-pyrrole nitrogens is 2. The lowest BCUT2D eigenvalue weighted by Gasteiger charge is -2.12. The summed E-state index contributed by atoms with van der Waals surface area (Å²) >= 11 is 15.3. The minimum atomic E-state index is 0.723. The Labute approximate surface area is 732 Å². The summed E-state index contributed by atoms with van der Waals surface area (Å²) in [6.45, 7) is 0. The molecule has 2 aliphatic rings. The van der Waals surface area contributed by atoms with Gasteiger partial charge >= 0.3 is 0 Å². The third kappa shape index (κ3) is 15.7. The molecular formula is C108H78N4S8. The first-order valence-corrected chi connectivity index (χ1v) is 48.4. The van der Waals surface area contributed by atoms with Crippen molar-refractivity contribution in [2.75, 3.05) is 0 Å². The first kappa shape index (κ1) is 76.4. The quantitative estimate of drug-likeness (QED) is 0.0572. The molecule has 0 saturated carbocycles. The molecule has 578 valence electrons. The molecule has 0 radical (unpaired) electrons. The number of rotatable bonds is 24. The van der Waals surface area contributed by atoms with Crippen molar-refractivity contribution in [3.8, 4) is 0 Å². The maximum absolute atomic E-state index is 6.20. The second-order valence-corrected chi connectivity index (χ2v) is 38.2. The van der Waals surface area contributed by atoms with Gasteiger partial charge in [-0.15, -0.1) is 94.1 Å². The molecule has 5 heterocycles. The predicted molar refractivity (Wildman–Crippen MR) is 530 cm³/mol. The topological polar surface area (TPSA) is 57.4 Å². The highest BCUT2D eigenvalue weighted by atomic mass is 32.2. The molecule has 0 unspecified atom stereocenters. The van der Waals surface area contributed by atoms with Gasteiger partial charge in [0.2, 0.25) is 0 Å². The number of aromatic nitrogens is 4. The van der Waals surface area contributed by atoms with Gasteiger partial charge in [0.05, 0.1) is 44.8 Å². The molecule has 3 aromatic heterocycles. The van der Waals surface area contributed by atoms with Crippen LogP contribution in [0.15, 0.2) is 384 Å². The fraction of sp³-hybridized carbons (Fsp3) is 0.0741. The first-order chi connectivity index (χ1) is 59.5. The molecular weight excluding hydrogens is 1610 g/mol. The van der Waals surface area contributed by atoms with Crippen LogP contribution in [-0.2, 0) is 46.0 Å². The van der Waals surface area contributed by atoms with Gasteiger partial charge in [0.25, 0.3) is 0 Å². The molecule has 0 spiro atoms. The maximum Gasteiger partial charge on any atom is 0.0806 e. The molecule has 21 rings (SSSR count). The van der Waals surface area contributed by atoms with E-state index in [0.29, 0.717) is 0 Å². The van der Waals surface area contributed by atoms with Gasteiger partial charge in [-0.05, 0) is 155 Å². The van der Waals surface area contributed by atoms with Crippen molar-refractivity contribution in [3.05, 3.63) is 431 Å². The SMILES string of the molecule is c1ccc2c(CSC3=C(SCc4cccc5ccccc45)c4cc5[nH]c(cc6nc(cc7[nH]c(cc3n4)c(SCc3cccc4ccccc34)c7SCc3cccc4ccccc34)C(SCc3cccc4ccccc34)=C6SCc3cccc4ccccc34)c(SCc3cccc4ccccc34)c5SCc3cccc4ccccc34)cccc2c1. The van der Waals surface area contributed by atoms with Gasteiger partial charge in [0, 0.05) is 85.2 Å². The molecule has 16 aromatic carbocycles. The van der Waals surface area contributed by atoms with Crippen molar-refractivity contribution in [1.29, 1.82) is 0 Å². The highest BCUT2D eigenvalue weighted by molar-refractivity contribution is 8.13. The van der Waals surface area contributed by atoms with Crippen LogP contribution in [0.1, 0.15) is 67.3 Å². The summed E-state index contributed by atoms with van der Waals surface area (Å²) in [5, 5.41) is 19.9. The van der Waals surface area contributed by atoms with Crippen LogP contribution in [0.25, 0.3) is 128 Å². The van der Waals surface area contributed by atoms with Crippen LogP contribution < -0.4 is 0 Å². The Morgan fingerprint density at radius 1 is 0.167 bits per heavy atom. The Bertz CT molecular complexity index is 6570. The van der Waals surface area contributed by atoms with Crippen molar-refractivity contribution >= 4 is 222 Å². The number of hydrogen-bond acceptors (Lipinski definition) is 10. The number of nitrogens with one attached hydrogen (secondary N) is 2. The van der Waals surface area contributed by atoms with Crippen LogP contribution in [0.5, 0.6) is 0 Å². The minimum Gasteiger partial charge on any atom is -0.353 e. The Morgan fingerprint density at radius 2 is 0.317 bits per heavy atom. The van der Waals surface area contributed by atoms with Crippen molar-refractivity contribution in [2.24, 2.45) is 0 Å². The summed E-state index contributed by atoms with van der Waals surface area (Å²) in [6, 6.07) is 135. The molecule has 12 heteroatoms. The number of nitrogens with zero attached hydrogens (tertiary/aromatic N) is 2. The number of hydrogen-bond donors (Lipinski definition) is 2. The maximum atomic E-state index is 6.20. The summed E-state index contributed by atoms with van der Waals surface area (Å²) in [6.07, 6.45) is 0. The summed E-state index contributed by atoms with van der Waals surface area (Å²) < 4.78 is 0. The van der Waals surface area contributed by atoms with Crippen LogP contribution in [-0.4, -0.2) is 19.9 Å². The van der Waals surface area contributed by atoms with E-state index in [2.05, 4.69) is 374 Å². The third-order valence-corrected chi connectivity index (χ3v) is 32.7. The van der Waals surface area contributed by atoms with Crippen LogP contribution in [0.4, 0.5) is 0 Å². The zero-order chi connectivity index (χ0) is 79.7. The summed E-state index contributed by atoms with van der Waals surface area (Å²) in [5.74, 6) is 5.81. The Balaban J connectivity index is 0.864. The molecule has 0 aliphatic carbocycles. The van der Waals surface area contributed by atoms with E-state index in [1.54, 1.807) is 0 Å². The van der Waals surface area contributed by atoms with Crippen molar-refractivity contribution in [3.63, 3.8) is 0 Å². The van der Waals surface area contributed by atoms with Crippen LogP contribution in [0.3, 0.4) is 0 Å². The fourth-order valence-corrected chi connectivity index (χ4v) is 26.8. The molecule has 4 nitrogen and oxygen atoms in total. The standard InChI is InChI=1S/C108H78N4S8/c1-9-49-85-69(25-1)33-17-41-77(85)61-113-101-93-57-95-103(115-63-79-43-19-35-71-27-3-11-51-87(71)79)105(117-65-81-45-21-37-73-29-5-13-53-89(73)81)97(110-95)59-99-107(119-67-83-47-23-39-75-31-7-15-55-91(75)83)108(120-68-84-48-24-40-76-32-8-16-56-92(76)84)100(112-99)60-98-106(118-66-82-46-22-38-74-30-6-14-54-90(74)82)104(116-64-80-44-20-36-72-28-4-12-52-88(72)80)96(111-98)58-94(109-93)102(101)114-62-78-42-18-34-70-26-2-10-50-86(70)78/h1-60,109,112H,61-68H2. The van der Waals surface area contributed by atoms with E-state index >= 15 is 0 Å². The Kier molecular flexibility index (Phi) is 22.0. The molecule has 2 N–H and O–H groups in total. The number of aromatic amines is 2. The molecule has 0 fully saturated rings. The average Bonchev–Trinajstić information content (AvgIpc) is 1.60. The molecule has 0 atom stereocenters. The second-order valence-electron chi connectivity index (χ2n) is 30.3. The number of fused-ring (bicyclic) bond motifs is 16. The number of thioether (sulfide) groups is 8. The van der Waals surface area contributed by atoms with Gasteiger partial charge in [0.15, 0.2) is 0 Å². The lowest BCUT2D eigenvalue weighted by Crippen LogP contribution is -1.88. The summed E-state index contributed by atoms with van der Waals surface area (Å²) in [4.78, 5) is 30.4. The van der Waals surface area contributed by atoms with E-state index in [1.165, 1.54) is 150 Å². The van der Waals surface area contributed by atoms with E-state index in [1.807, 2.05) is 94.1 Å². The Hall–Kier alpha value is -11.0. The summed E-state index contributed by atoms with van der Waals surface area (Å²) in [7, 11) is 0. The molecule has 19 aromatic rings. The number of benzene rings is 16. The van der Waals surface area contributed by atoms with Crippen LogP contribution in [0.2, 0.25) is 0 Å². The normalized spacial score (nSPS) is 12.5. The van der Waals surface area contributed by atoms with Crippen molar-refractivity contribution < 1.29 is 0 Å². The van der Waals surface area contributed by atoms with E-state index in [4.69, 9.17) is 9.97 Å². The highest BCUT2D eigenvalue weighted by Gasteiger charge is 2.29. The largest absolute Gasteiger partial charge is 0.353 e. The first-order valence-electron chi connectivity index (χ1n) is 40.5. The smallest absolute Gasteiger partial charge is 0.0806 e. The predicted octanol–water partition coefficient (Wildman–Crippen LogP) is 32.1. The summed E-state index contributed by atoms with van der Waals surface area (Å²) in [5.41, 5.74) is 18.0. The molecule has 0 saturated heterocycles. The van der Waals surface area contributed by atoms with Gasteiger partial charge in [-0.2, -0.15) is 0 Å². The van der Waals surface area contributed by atoms with Crippen molar-refractivity contribution in [2.45, 2.75) is 65.6 Å². The molecule has 2 aliphatic heterocycles. The third-order valence-electron chi connectivity index (χ3n) is 22.9. The van der Waals surface area contributed by atoms with Gasteiger partial charge < -0.3 is 9.97 Å². The van der Waals surface area contributed by atoms with Gasteiger partial charge in [-0.25, -0.2) is 9.97 Å². The van der Waals surface area contributed by atoms with Gasteiger partial charge in [0.1, 0.15) is 0 Å². The zero-order valence-corrected chi connectivity index (χ0v) is 72.0. The molecule has 0 amide bonds. The van der Waals surface area contributed by atoms with E-state index < -0.39 is 0 Å². The van der Waals surface area contributed by atoms with Gasteiger partial charge in [-0.1, -0.05) is 340 Å². The fourth-order valence-electron chi connectivity index (χ4n) is 17.0. The minimum absolute atomic E-state index is 0.723. The average molecular weight is 1690 g/mol. The second kappa shape index (κ2) is 34.6. The van der Waals surface area contributed by atoms with E-state index in [9.17, 15) is 0 Å². The Morgan fingerprint density at radius 3 is 0.492 bits per heavy atom. The molecule has 8 bridgehead atoms. The molecule has 120 heavy (non-hydrogen) atoms. The van der Waals surface area contributed by atoms with E-state index in [0.717, 1.165) is 110 Å². The highest BCUT2D eigenvalue weighted by Crippen LogP contribution is 2.53. The van der Waals surface area contributed by atoms with E-state index in [-0.39, 0.29) is 0 Å². The zero-order valence-electron chi connectivity index (χ0n) is 65.5. The lowest BCUT2D eigenvalue weighted by molar-refractivity contribution is 1.29. The monoisotopic (exact) mass is 1690 g/mol. The van der Waals surface area contributed by atoms with Crippen LogP contribution in [0, 0.1) is 0 Å². The van der Waals surface area contributed by atoms with Gasteiger partial charge in [-0.3, -0.25) is 0 Å². The van der Waals surface area contributed by atoms with Crippen LogP contribution >= 0.6 is 94.1 Å². The lowest BCUT2D eigenvalue weighted by atomic mass is 10.1. The van der Waals surface area contributed by atoms with Crippen molar-refractivity contribution in [1.82, 2.24) is 19.9 Å².